The summed E-state index contributed by atoms with van der Waals surface area (Å²) in [7, 11) is 0. The van der Waals surface area contributed by atoms with E-state index in [1.165, 1.54) is 83.5 Å². The van der Waals surface area contributed by atoms with Gasteiger partial charge >= 0.3 is 11.9 Å². The molecule has 1 aliphatic heterocycles. The fourth-order valence-electron chi connectivity index (χ4n) is 5.23. The first-order valence-electron chi connectivity index (χ1n) is 18.2. The number of epoxide rings is 1. The molecule has 0 saturated carbocycles. The van der Waals surface area contributed by atoms with Gasteiger partial charge in [0.25, 0.3) is 0 Å². The van der Waals surface area contributed by atoms with Gasteiger partial charge in [0.15, 0.2) is 6.10 Å². The van der Waals surface area contributed by atoms with Crippen molar-refractivity contribution < 1.29 is 28.9 Å². The van der Waals surface area contributed by atoms with Gasteiger partial charge < -0.3 is 19.3 Å². The predicted molar refractivity (Wildman–Crippen MR) is 182 cm³/mol. The van der Waals surface area contributed by atoms with Crippen molar-refractivity contribution in [3.63, 3.8) is 0 Å². The number of carbonyl (C=O) groups is 2. The van der Waals surface area contributed by atoms with Crippen LogP contribution in [0.3, 0.4) is 0 Å². The van der Waals surface area contributed by atoms with Gasteiger partial charge in [0.05, 0.1) is 18.8 Å². The van der Waals surface area contributed by atoms with Gasteiger partial charge in [-0.25, -0.2) is 0 Å². The maximum absolute atomic E-state index is 12.1. The fraction of sp³-hybridized carbons (Fsp3) is 0.789. The van der Waals surface area contributed by atoms with E-state index in [4.69, 9.17) is 14.2 Å². The Morgan fingerprint density at radius 3 is 1.84 bits per heavy atom. The lowest BCUT2D eigenvalue weighted by molar-refractivity contribution is -0.161. The van der Waals surface area contributed by atoms with E-state index in [1.807, 2.05) is 0 Å². The smallest absolute Gasteiger partial charge is 0.306 e. The van der Waals surface area contributed by atoms with Gasteiger partial charge in [-0.05, 0) is 44.9 Å². The Morgan fingerprint density at radius 1 is 0.659 bits per heavy atom. The van der Waals surface area contributed by atoms with Crippen molar-refractivity contribution in [2.75, 3.05) is 13.2 Å². The minimum absolute atomic E-state index is 0.0954. The van der Waals surface area contributed by atoms with Crippen LogP contribution in [0.25, 0.3) is 0 Å². The van der Waals surface area contributed by atoms with Crippen LogP contribution in [0.4, 0.5) is 0 Å². The molecule has 254 valence electrons. The van der Waals surface area contributed by atoms with Crippen LogP contribution in [-0.2, 0) is 23.8 Å². The molecule has 0 aromatic heterocycles. The number of rotatable bonds is 31. The van der Waals surface area contributed by atoms with Crippen LogP contribution in [0.15, 0.2) is 36.5 Å². The number of hydrogen-bond acceptors (Lipinski definition) is 6. The highest BCUT2D eigenvalue weighted by molar-refractivity contribution is 5.70. The molecule has 44 heavy (non-hydrogen) atoms. The van der Waals surface area contributed by atoms with Crippen molar-refractivity contribution >= 4 is 11.9 Å². The van der Waals surface area contributed by atoms with Gasteiger partial charge in [-0.3, -0.25) is 9.59 Å². The largest absolute Gasteiger partial charge is 0.462 e. The highest BCUT2D eigenvalue weighted by atomic mass is 16.6. The van der Waals surface area contributed by atoms with E-state index in [-0.39, 0.29) is 25.2 Å². The molecule has 0 amide bonds. The SMILES string of the molecule is CCCCCCCCCCCCCCC(=O)O[C@@H](CO)COC(=O)CCC/C=C\C/C=C\C/C=C\CC1OC1CCCCC. The first kappa shape index (κ1) is 40.1. The number of ether oxygens (including phenoxy) is 3. The maximum atomic E-state index is 12.1. The summed E-state index contributed by atoms with van der Waals surface area (Å²) < 4.78 is 16.2. The molecule has 0 aromatic carbocycles. The number of aliphatic hydroxyl groups is 1. The Kier molecular flexibility index (Phi) is 27.1. The molecule has 3 atom stereocenters. The number of allylic oxidation sites excluding steroid dienone is 5. The number of hydrogen-bond donors (Lipinski definition) is 1. The zero-order valence-corrected chi connectivity index (χ0v) is 28.4. The molecule has 0 aliphatic carbocycles. The minimum atomic E-state index is -0.792. The van der Waals surface area contributed by atoms with E-state index >= 15 is 0 Å². The minimum Gasteiger partial charge on any atom is -0.462 e. The van der Waals surface area contributed by atoms with Crippen LogP contribution in [0.2, 0.25) is 0 Å². The number of carbonyl (C=O) groups excluding carboxylic acids is 2. The Morgan fingerprint density at radius 2 is 1.20 bits per heavy atom. The topological polar surface area (TPSA) is 85.4 Å². The molecule has 2 unspecified atom stereocenters. The van der Waals surface area contributed by atoms with Crippen molar-refractivity contribution in [1.29, 1.82) is 0 Å². The zero-order chi connectivity index (χ0) is 31.9. The van der Waals surface area contributed by atoms with Crippen molar-refractivity contribution in [2.24, 2.45) is 0 Å². The molecule has 1 saturated heterocycles. The zero-order valence-electron chi connectivity index (χ0n) is 28.4. The van der Waals surface area contributed by atoms with Gasteiger partial charge in [-0.1, -0.05) is 140 Å². The molecule has 6 nitrogen and oxygen atoms in total. The van der Waals surface area contributed by atoms with Crippen molar-refractivity contribution in [1.82, 2.24) is 0 Å². The lowest BCUT2D eigenvalue weighted by Crippen LogP contribution is -2.28. The second kappa shape index (κ2) is 29.8. The maximum Gasteiger partial charge on any atom is 0.306 e. The van der Waals surface area contributed by atoms with Crippen molar-refractivity contribution in [3.8, 4) is 0 Å². The molecule has 6 heteroatoms. The van der Waals surface area contributed by atoms with E-state index in [0.717, 1.165) is 44.9 Å². The van der Waals surface area contributed by atoms with E-state index in [0.29, 0.717) is 31.5 Å². The van der Waals surface area contributed by atoms with Crippen LogP contribution >= 0.6 is 0 Å². The lowest BCUT2D eigenvalue weighted by atomic mass is 10.0. The molecule has 0 aromatic rings. The first-order chi connectivity index (χ1) is 21.6. The molecule has 1 heterocycles. The van der Waals surface area contributed by atoms with Gasteiger partial charge in [0.1, 0.15) is 6.61 Å². The third-order valence-electron chi connectivity index (χ3n) is 8.11. The summed E-state index contributed by atoms with van der Waals surface area (Å²) >= 11 is 0. The number of unbranched alkanes of at least 4 members (excludes halogenated alkanes) is 14. The van der Waals surface area contributed by atoms with Crippen LogP contribution in [0.5, 0.6) is 0 Å². The highest BCUT2D eigenvalue weighted by Crippen LogP contribution is 2.30. The molecule has 0 bridgehead atoms. The summed E-state index contributed by atoms with van der Waals surface area (Å²) in [6.07, 6.45) is 38.1. The molecule has 1 rings (SSSR count). The van der Waals surface area contributed by atoms with E-state index in [1.54, 1.807) is 0 Å². The molecule has 0 radical (unpaired) electrons. The lowest BCUT2D eigenvalue weighted by Gasteiger charge is -2.15. The van der Waals surface area contributed by atoms with Gasteiger partial charge in [-0.15, -0.1) is 0 Å². The second-order valence-electron chi connectivity index (χ2n) is 12.3. The Bertz CT molecular complexity index is 773. The highest BCUT2D eigenvalue weighted by Gasteiger charge is 2.36. The average Bonchev–Trinajstić information content (AvgIpc) is 3.78. The Balaban J connectivity index is 1.94. The summed E-state index contributed by atoms with van der Waals surface area (Å²) in [5.74, 6) is -0.661. The molecule has 0 spiro atoms. The van der Waals surface area contributed by atoms with Crippen molar-refractivity contribution in [3.05, 3.63) is 36.5 Å². The van der Waals surface area contributed by atoms with Crippen LogP contribution in [0.1, 0.15) is 162 Å². The fourth-order valence-corrected chi connectivity index (χ4v) is 5.23. The van der Waals surface area contributed by atoms with Gasteiger partial charge in [0.2, 0.25) is 0 Å². The molecular weight excluding hydrogens is 552 g/mol. The number of aliphatic hydroxyl groups excluding tert-OH is 1. The standard InChI is InChI=1S/C38H66O6/c1-3-5-7-8-9-10-11-12-17-20-23-27-31-38(41)43-34(32-39)33-42-37(40)30-26-22-19-16-14-13-15-18-21-25-29-36-35(44-36)28-24-6-4-2/h13,15-16,19,21,25,34-36,39H,3-12,14,17-18,20,22-24,26-33H2,1-2H3/b15-13-,19-16-,25-21-/t34-,35?,36?/m0/s1. The normalized spacial score (nSPS) is 17.2. The first-order valence-corrected chi connectivity index (χ1v) is 18.2. The molecule has 1 N–H and O–H groups in total. The monoisotopic (exact) mass is 618 g/mol. The van der Waals surface area contributed by atoms with Gasteiger partial charge in [0, 0.05) is 12.8 Å². The summed E-state index contributed by atoms with van der Waals surface area (Å²) in [6.45, 7) is 4.04. The summed E-state index contributed by atoms with van der Waals surface area (Å²) in [4.78, 5) is 24.1. The summed E-state index contributed by atoms with van der Waals surface area (Å²) in [6, 6.07) is 0. The van der Waals surface area contributed by atoms with Crippen LogP contribution in [0, 0.1) is 0 Å². The summed E-state index contributed by atoms with van der Waals surface area (Å²) in [5, 5.41) is 9.51. The van der Waals surface area contributed by atoms with Gasteiger partial charge in [-0.2, -0.15) is 0 Å². The van der Waals surface area contributed by atoms with E-state index < -0.39 is 6.10 Å². The Labute approximate surface area is 270 Å². The quantitative estimate of drug-likeness (QED) is 0.0360. The average molecular weight is 619 g/mol. The molecule has 1 aliphatic rings. The van der Waals surface area contributed by atoms with E-state index in [9.17, 15) is 14.7 Å². The third kappa shape index (κ3) is 25.4. The second-order valence-corrected chi connectivity index (χ2v) is 12.3. The van der Waals surface area contributed by atoms with Crippen LogP contribution < -0.4 is 0 Å². The number of esters is 2. The van der Waals surface area contributed by atoms with Crippen LogP contribution in [-0.4, -0.2) is 48.6 Å². The molecule has 1 fully saturated rings. The predicted octanol–water partition coefficient (Wildman–Crippen LogP) is 9.88. The van der Waals surface area contributed by atoms with Crippen molar-refractivity contribution in [2.45, 2.75) is 180 Å². The summed E-state index contributed by atoms with van der Waals surface area (Å²) in [5.41, 5.74) is 0. The Hall–Kier alpha value is -1.92. The third-order valence-corrected chi connectivity index (χ3v) is 8.11. The van der Waals surface area contributed by atoms with E-state index in [2.05, 4.69) is 50.3 Å². The molecular formula is C38H66O6.